The fraction of sp³-hybridized carbons (Fsp3) is 1.00. The van der Waals surface area contributed by atoms with Gasteiger partial charge >= 0.3 is 6.18 Å². The molecule has 0 radical (unpaired) electrons. The molecular formula is C13H24F3NO. The van der Waals surface area contributed by atoms with Crippen LogP contribution in [0.3, 0.4) is 0 Å². The molecule has 108 valence electrons. The van der Waals surface area contributed by atoms with E-state index < -0.39 is 12.7 Å². The Kier molecular flexibility index (Phi) is 5.46. The van der Waals surface area contributed by atoms with Crippen molar-refractivity contribution >= 4 is 0 Å². The molecule has 0 aromatic heterocycles. The van der Waals surface area contributed by atoms with Crippen LogP contribution in [0.4, 0.5) is 13.2 Å². The summed E-state index contributed by atoms with van der Waals surface area (Å²) < 4.78 is 37.3. The van der Waals surface area contributed by atoms with Crippen LogP contribution < -0.4 is 0 Å². The topological polar surface area (TPSA) is 23.5 Å². The molecule has 0 bridgehead atoms. The molecule has 18 heavy (non-hydrogen) atoms. The standard InChI is InChI=1S/C13H24F3NO/c1-3-17(9-13(14,15)16)8-12(10-18)6-4-5-11(2)7-12/h11,18H,3-10H2,1-2H3. The lowest BCUT2D eigenvalue weighted by Gasteiger charge is -2.42. The van der Waals surface area contributed by atoms with E-state index in [0.717, 1.165) is 25.7 Å². The molecule has 0 aromatic rings. The van der Waals surface area contributed by atoms with Crippen molar-refractivity contribution in [3.8, 4) is 0 Å². The van der Waals surface area contributed by atoms with Gasteiger partial charge in [0, 0.05) is 18.6 Å². The smallest absolute Gasteiger partial charge is 0.396 e. The van der Waals surface area contributed by atoms with Crippen molar-refractivity contribution in [2.75, 3.05) is 26.2 Å². The monoisotopic (exact) mass is 267 g/mol. The first-order chi connectivity index (χ1) is 8.30. The minimum atomic E-state index is -4.16. The van der Waals surface area contributed by atoms with Gasteiger partial charge in [-0.1, -0.05) is 26.7 Å². The van der Waals surface area contributed by atoms with E-state index in [-0.39, 0.29) is 12.0 Å². The number of hydrogen-bond donors (Lipinski definition) is 1. The Morgan fingerprint density at radius 1 is 1.39 bits per heavy atom. The molecular weight excluding hydrogens is 243 g/mol. The first kappa shape index (κ1) is 15.8. The molecule has 5 heteroatoms. The molecule has 1 saturated carbocycles. The summed E-state index contributed by atoms with van der Waals surface area (Å²) >= 11 is 0. The van der Waals surface area contributed by atoms with Gasteiger partial charge < -0.3 is 5.11 Å². The van der Waals surface area contributed by atoms with Gasteiger partial charge in [-0.2, -0.15) is 13.2 Å². The van der Waals surface area contributed by atoms with Crippen molar-refractivity contribution in [1.82, 2.24) is 4.90 Å². The Bertz CT molecular complexity index is 257. The molecule has 1 rings (SSSR count). The van der Waals surface area contributed by atoms with E-state index in [0.29, 0.717) is 19.0 Å². The fourth-order valence-electron chi connectivity index (χ4n) is 3.11. The summed E-state index contributed by atoms with van der Waals surface area (Å²) in [5, 5.41) is 9.59. The molecule has 1 aliphatic carbocycles. The lowest BCUT2D eigenvalue weighted by Crippen LogP contribution is -2.46. The highest BCUT2D eigenvalue weighted by molar-refractivity contribution is 4.88. The van der Waals surface area contributed by atoms with Crippen molar-refractivity contribution < 1.29 is 18.3 Å². The lowest BCUT2D eigenvalue weighted by atomic mass is 9.70. The summed E-state index contributed by atoms with van der Waals surface area (Å²) in [6, 6.07) is 0. The molecule has 0 amide bonds. The van der Waals surface area contributed by atoms with Crippen LogP contribution in [-0.4, -0.2) is 42.4 Å². The first-order valence-electron chi connectivity index (χ1n) is 6.70. The number of aliphatic hydroxyl groups is 1. The van der Waals surface area contributed by atoms with Gasteiger partial charge in [-0.3, -0.25) is 4.90 Å². The quantitative estimate of drug-likeness (QED) is 0.827. The van der Waals surface area contributed by atoms with Crippen LogP contribution in [0.5, 0.6) is 0 Å². The van der Waals surface area contributed by atoms with Gasteiger partial charge in [0.05, 0.1) is 6.54 Å². The maximum atomic E-state index is 12.4. The van der Waals surface area contributed by atoms with Gasteiger partial charge in [-0.25, -0.2) is 0 Å². The van der Waals surface area contributed by atoms with E-state index in [2.05, 4.69) is 6.92 Å². The fourth-order valence-corrected chi connectivity index (χ4v) is 3.11. The number of rotatable bonds is 5. The van der Waals surface area contributed by atoms with Crippen LogP contribution in [0.2, 0.25) is 0 Å². The molecule has 2 atom stereocenters. The maximum absolute atomic E-state index is 12.4. The van der Waals surface area contributed by atoms with Gasteiger partial charge in [-0.05, 0) is 25.3 Å². The van der Waals surface area contributed by atoms with Gasteiger partial charge in [0.15, 0.2) is 0 Å². The zero-order valence-corrected chi connectivity index (χ0v) is 11.3. The Hall–Kier alpha value is -0.290. The van der Waals surface area contributed by atoms with Gasteiger partial charge in [-0.15, -0.1) is 0 Å². The van der Waals surface area contributed by atoms with Crippen LogP contribution in [0.25, 0.3) is 0 Å². The van der Waals surface area contributed by atoms with Crippen LogP contribution in [0.1, 0.15) is 39.5 Å². The maximum Gasteiger partial charge on any atom is 0.401 e. The van der Waals surface area contributed by atoms with Crippen molar-refractivity contribution in [2.45, 2.75) is 45.7 Å². The van der Waals surface area contributed by atoms with Crippen molar-refractivity contribution in [3.63, 3.8) is 0 Å². The van der Waals surface area contributed by atoms with Gasteiger partial charge in [0.1, 0.15) is 0 Å². The Morgan fingerprint density at radius 3 is 2.50 bits per heavy atom. The second-order valence-electron chi connectivity index (χ2n) is 5.78. The summed E-state index contributed by atoms with van der Waals surface area (Å²) in [5.41, 5.74) is -0.334. The summed E-state index contributed by atoms with van der Waals surface area (Å²) in [6.45, 7) is 3.69. The van der Waals surface area contributed by atoms with Crippen molar-refractivity contribution in [1.29, 1.82) is 0 Å². The van der Waals surface area contributed by atoms with Crippen LogP contribution in [0.15, 0.2) is 0 Å². The molecule has 0 aromatic carbocycles. The molecule has 0 spiro atoms. The third-order valence-electron chi connectivity index (χ3n) is 3.93. The van der Waals surface area contributed by atoms with Crippen molar-refractivity contribution in [2.24, 2.45) is 11.3 Å². The number of halogens is 3. The molecule has 0 heterocycles. The minimum absolute atomic E-state index is 0.00824. The number of hydrogen-bond acceptors (Lipinski definition) is 2. The zero-order chi connectivity index (χ0) is 13.8. The lowest BCUT2D eigenvalue weighted by molar-refractivity contribution is -0.151. The normalized spacial score (nSPS) is 29.8. The predicted molar refractivity (Wildman–Crippen MR) is 65.3 cm³/mol. The summed E-state index contributed by atoms with van der Waals surface area (Å²) in [5.74, 6) is 0.496. The Morgan fingerprint density at radius 2 is 2.06 bits per heavy atom. The SMILES string of the molecule is CCN(CC(F)(F)F)CC1(CO)CCCC(C)C1. The van der Waals surface area contributed by atoms with Crippen LogP contribution in [0, 0.1) is 11.3 Å². The number of aliphatic hydroxyl groups excluding tert-OH is 1. The van der Waals surface area contributed by atoms with E-state index in [1.54, 1.807) is 6.92 Å². The van der Waals surface area contributed by atoms with E-state index in [1.165, 1.54) is 4.90 Å². The molecule has 2 unspecified atom stereocenters. The second-order valence-corrected chi connectivity index (χ2v) is 5.78. The average Bonchev–Trinajstić information content (AvgIpc) is 2.26. The zero-order valence-electron chi connectivity index (χ0n) is 11.3. The molecule has 0 saturated heterocycles. The number of nitrogens with zero attached hydrogens (tertiary/aromatic N) is 1. The average molecular weight is 267 g/mol. The predicted octanol–water partition coefficient (Wildman–Crippen LogP) is 3.06. The molecule has 1 N–H and O–H groups in total. The second kappa shape index (κ2) is 6.24. The van der Waals surface area contributed by atoms with E-state index >= 15 is 0 Å². The number of alkyl halides is 3. The van der Waals surface area contributed by atoms with E-state index in [9.17, 15) is 18.3 Å². The Balaban J connectivity index is 2.64. The van der Waals surface area contributed by atoms with Gasteiger partial charge in [0.2, 0.25) is 0 Å². The summed E-state index contributed by atoms with van der Waals surface area (Å²) in [6.07, 6.45) is -0.370. The summed E-state index contributed by atoms with van der Waals surface area (Å²) in [7, 11) is 0. The third-order valence-corrected chi connectivity index (χ3v) is 3.93. The van der Waals surface area contributed by atoms with Crippen LogP contribution >= 0.6 is 0 Å². The third kappa shape index (κ3) is 4.76. The first-order valence-corrected chi connectivity index (χ1v) is 6.70. The highest BCUT2D eigenvalue weighted by Gasteiger charge is 2.38. The minimum Gasteiger partial charge on any atom is -0.396 e. The largest absolute Gasteiger partial charge is 0.401 e. The molecule has 1 fully saturated rings. The van der Waals surface area contributed by atoms with E-state index in [1.807, 2.05) is 0 Å². The Labute approximate surface area is 107 Å². The summed E-state index contributed by atoms with van der Waals surface area (Å²) in [4.78, 5) is 1.41. The van der Waals surface area contributed by atoms with Crippen molar-refractivity contribution in [3.05, 3.63) is 0 Å². The van der Waals surface area contributed by atoms with Gasteiger partial charge in [0.25, 0.3) is 0 Å². The molecule has 1 aliphatic rings. The molecule has 0 aliphatic heterocycles. The highest BCUT2D eigenvalue weighted by atomic mass is 19.4. The highest BCUT2D eigenvalue weighted by Crippen LogP contribution is 2.40. The van der Waals surface area contributed by atoms with Crippen LogP contribution in [-0.2, 0) is 0 Å². The molecule has 2 nitrogen and oxygen atoms in total. The van der Waals surface area contributed by atoms with E-state index in [4.69, 9.17) is 0 Å².